The van der Waals surface area contributed by atoms with Crippen molar-refractivity contribution in [2.75, 3.05) is 7.05 Å². The van der Waals surface area contributed by atoms with Crippen LogP contribution in [0.15, 0.2) is 47.2 Å². The predicted octanol–water partition coefficient (Wildman–Crippen LogP) is 4.14. The fourth-order valence-electron chi connectivity index (χ4n) is 4.24. The maximum Gasteiger partial charge on any atom is 0.120 e. The standard InChI is InChI=1S/C21H26BrN3O/c1-25-17-6-7-18(25)11-20(10-17)26-19-4-2-3-15(9-19)12-23-13-16-5-8-21(22)24-14-16/h2-5,8-9,14,17-18,20,23H,6-7,10-13H2,1H3/t17-,18+,20?. The van der Waals surface area contributed by atoms with E-state index in [9.17, 15) is 0 Å². The first kappa shape index (κ1) is 18.0. The van der Waals surface area contributed by atoms with E-state index in [4.69, 9.17) is 4.74 Å². The van der Waals surface area contributed by atoms with Crippen LogP contribution in [-0.4, -0.2) is 35.1 Å². The van der Waals surface area contributed by atoms with Crippen molar-refractivity contribution in [2.45, 2.75) is 57.0 Å². The second kappa shape index (κ2) is 8.07. The second-order valence-corrected chi connectivity index (χ2v) is 8.31. The molecule has 3 atom stereocenters. The number of hydrogen-bond donors (Lipinski definition) is 1. The van der Waals surface area contributed by atoms with Crippen molar-refractivity contribution < 1.29 is 4.74 Å². The van der Waals surface area contributed by atoms with Crippen molar-refractivity contribution in [2.24, 2.45) is 0 Å². The molecule has 26 heavy (non-hydrogen) atoms. The number of nitrogens with zero attached hydrogens (tertiary/aromatic N) is 2. The van der Waals surface area contributed by atoms with Crippen LogP contribution in [0.1, 0.15) is 36.8 Å². The van der Waals surface area contributed by atoms with E-state index in [1.54, 1.807) is 0 Å². The fourth-order valence-corrected chi connectivity index (χ4v) is 4.48. The number of aromatic nitrogens is 1. The van der Waals surface area contributed by atoms with Crippen LogP contribution in [0.4, 0.5) is 0 Å². The van der Waals surface area contributed by atoms with Gasteiger partial charge in [0, 0.05) is 31.4 Å². The zero-order chi connectivity index (χ0) is 17.9. The molecule has 0 radical (unpaired) electrons. The molecule has 2 bridgehead atoms. The van der Waals surface area contributed by atoms with Crippen molar-refractivity contribution in [1.29, 1.82) is 0 Å². The largest absolute Gasteiger partial charge is 0.490 e. The summed E-state index contributed by atoms with van der Waals surface area (Å²) >= 11 is 3.37. The van der Waals surface area contributed by atoms with Crippen LogP contribution >= 0.6 is 15.9 Å². The number of fused-ring (bicyclic) bond motifs is 2. The highest BCUT2D eigenvalue weighted by Gasteiger charge is 2.39. The molecule has 138 valence electrons. The molecule has 2 aromatic rings. The van der Waals surface area contributed by atoms with Crippen molar-refractivity contribution in [3.8, 4) is 5.75 Å². The Morgan fingerprint density at radius 2 is 1.88 bits per heavy atom. The van der Waals surface area contributed by atoms with Crippen molar-refractivity contribution in [3.63, 3.8) is 0 Å². The Labute approximate surface area is 164 Å². The van der Waals surface area contributed by atoms with Gasteiger partial charge in [-0.1, -0.05) is 18.2 Å². The molecule has 1 N–H and O–H groups in total. The number of hydrogen-bond acceptors (Lipinski definition) is 4. The molecule has 2 aliphatic rings. The van der Waals surface area contributed by atoms with Gasteiger partial charge in [-0.3, -0.25) is 0 Å². The molecule has 1 aromatic heterocycles. The molecule has 5 heteroatoms. The number of ether oxygens (including phenoxy) is 1. The van der Waals surface area contributed by atoms with E-state index >= 15 is 0 Å². The van der Waals surface area contributed by atoms with Gasteiger partial charge in [0.05, 0.1) is 0 Å². The summed E-state index contributed by atoms with van der Waals surface area (Å²) in [5.74, 6) is 1.00. The summed E-state index contributed by atoms with van der Waals surface area (Å²) in [5, 5.41) is 3.48. The van der Waals surface area contributed by atoms with Gasteiger partial charge in [0.1, 0.15) is 16.5 Å². The van der Waals surface area contributed by atoms with Gasteiger partial charge < -0.3 is 15.0 Å². The van der Waals surface area contributed by atoms with Gasteiger partial charge in [-0.15, -0.1) is 0 Å². The van der Waals surface area contributed by atoms with E-state index in [1.807, 2.05) is 12.3 Å². The molecule has 0 saturated carbocycles. The lowest BCUT2D eigenvalue weighted by Crippen LogP contribution is -2.43. The van der Waals surface area contributed by atoms with Crippen LogP contribution in [0.2, 0.25) is 0 Å². The highest BCUT2D eigenvalue weighted by molar-refractivity contribution is 9.10. The normalized spacial score (nSPS) is 25.4. The molecule has 2 aliphatic heterocycles. The number of rotatable bonds is 6. The number of pyridine rings is 1. The average molecular weight is 416 g/mol. The topological polar surface area (TPSA) is 37.4 Å². The summed E-state index contributed by atoms with van der Waals surface area (Å²) < 4.78 is 7.20. The molecule has 1 aromatic carbocycles. The average Bonchev–Trinajstić information content (AvgIpc) is 2.85. The molecule has 4 nitrogen and oxygen atoms in total. The van der Waals surface area contributed by atoms with Gasteiger partial charge in [-0.2, -0.15) is 0 Å². The second-order valence-electron chi connectivity index (χ2n) is 7.50. The van der Waals surface area contributed by atoms with Crippen LogP contribution in [0, 0.1) is 0 Å². The monoisotopic (exact) mass is 415 g/mol. The molecule has 2 saturated heterocycles. The third-order valence-corrected chi connectivity index (χ3v) is 6.17. The molecule has 2 fully saturated rings. The van der Waals surface area contributed by atoms with E-state index in [2.05, 4.69) is 68.5 Å². The highest BCUT2D eigenvalue weighted by Crippen LogP contribution is 2.36. The van der Waals surface area contributed by atoms with Crippen LogP contribution in [0.25, 0.3) is 0 Å². The lowest BCUT2D eigenvalue weighted by atomic mass is 10.0. The van der Waals surface area contributed by atoms with E-state index in [0.717, 1.165) is 36.3 Å². The first-order chi connectivity index (χ1) is 12.7. The van der Waals surface area contributed by atoms with Crippen LogP contribution in [-0.2, 0) is 13.1 Å². The summed E-state index contributed by atoms with van der Waals surface area (Å²) in [6.45, 7) is 1.63. The Bertz CT molecular complexity index is 722. The summed E-state index contributed by atoms with van der Waals surface area (Å²) in [6, 6.07) is 14.0. The number of nitrogens with one attached hydrogen (secondary N) is 1. The molecule has 0 amide bonds. The summed E-state index contributed by atoms with van der Waals surface area (Å²) in [4.78, 5) is 6.81. The van der Waals surface area contributed by atoms with Crippen LogP contribution < -0.4 is 10.1 Å². The highest BCUT2D eigenvalue weighted by atomic mass is 79.9. The SMILES string of the molecule is CN1[C@@H]2CC[C@H]1CC(Oc1cccc(CNCc3ccc(Br)nc3)c1)C2. The Kier molecular flexibility index (Phi) is 5.57. The maximum atomic E-state index is 6.33. The molecule has 4 rings (SSSR count). The summed E-state index contributed by atoms with van der Waals surface area (Å²) in [5.41, 5.74) is 2.44. The third kappa shape index (κ3) is 4.27. The van der Waals surface area contributed by atoms with Crippen molar-refractivity contribution in [3.05, 3.63) is 58.3 Å². The zero-order valence-corrected chi connectivity index (χ0v) is 16.8. The quantitative estimate of drug-likeness (QED) is 0.719. The first-order valence-corrected chi connectivity index (χ1v) is 10.3. The first-order valence-electron chi connectivity index (χ1n) is 9.46. The third-order valence-electron chi connectivity index (χ3n) is 5.70. The minimum absolute atomic E-state index is 0.362. The van der Waals surface area contributed by atoms with E-state index in [1.165, 1.54) is 24.0 Å². The van der Waals surface area contributed by atoms with E-state index in [-0.39, 0.29) is 0 Å². The molecule has 3 heterocycles. The minimum Gasteiger partial charge on any atom is -0.490 e. The molecule has 0 spiro atoms. The van der Waals surface area contributed by atoms with Crippen molar-refractivity contribution >= 4 is 15.9 Å². The summed E-state index contributed by atoms with van der Waals surface area (Å²) in [7, 11) is 2.27. The van der Waals surface area contributed by atoms with Gasteiger partial charge in [0.15, 0.2) is 0 Å². The zero-order valence-electron chi connectivity index (χ0n) is 15.2. The lowest BCUT2D eigenvalue weighted by Gasteiger charge is -2.36. The van der Waals surface area contributed by atoms with Crippen LogP contribution in [0.5, 0.6) is 5.75 Å². The van der Waals surface area contributed by atoms with Gasteiger partial charge in [0.2, 0.25) is 0 Å². The Morgan fingerprint density at radius 3 is 2.62 bits per heavy atom. The van der Waals surface area contributed by atoms with E-state index in [0.29, 0.717) is 18.2 Å². The maximum absolute atomic E-state index is 6.33. The van der Waals surface area contributed by atoms with Gasteiger partial charge in [0.25, 0.3) is 0 Å². The number of halogens is 1. The Hall–Kier alpha value is -1.43. The van der Waals surface area contributed by atoms with Gasteiger partial charge >= 0.3 is 0 Å². The fraction of sp³-hybridized carbons (Fsp3) is 0.476. The summed E-state index contributed by atoms with van der Waals surface area (Å²) in [6.07, 6.45) is 7.23. The smallest absolute Gasteiger partial charge is 0.120 e. The number of benzene rings is 1. The Balaban J connectivity index is 1.30. The van der Waals surface area contributed by atoms with Gasteiger partial charge in [-0.25, -0.2) is 4.98 Å². The molecular weight excluding hydrogens is 390 g/mol. The Morgan fingerprint density at radius 1 is 1.12 bits per heavy atom. The van der Waals surface area contributed by atoms with Gasteiger partial charge in [-0.05, 0) is 78.0 Å². The molecule has 1 unspecified atom stereocenters. The molecular formula is C21H26BrN3O. The predicted molar refractivity (Wildman–Crippen MR) is 107 cm³/mol. The van der Waals surface area contributed by atoms with Crippen molar-refractivity contribution in [1.82, 2.24) is 15.2 Å². The number of piperidine rings is 1. The minimum atomic E-state index is 0.362. The van der Waals surface area contributed by atoms with E-state index < -0.39 is 0 Å². The van der Waals surface area contributed by atoms with Crippen LogP contribution in [0.3, 0.4) is 0 Å². The molecule has 0 aliphatic carbocycles. The lowest BCUT2D eigenvalue weighted by molar-refractivity contribution is 0.0661.